The molecule has 1 saturated heterocycles. The molecule has 138 valence electrons. The second-order valence-corrected chi connectivity index (χ2v) is 5.33. The normalized spacial score (nSPS) is 37.2. The molecular formula is C12H24O11. The molecule has 1 aliphatic heterocycles. The number of rotatable bonds is 8. The third-order valence-electron chi connectivity index (χ3n) is 3.62. The average molecular weight is 344 g/mol. The Hall–Kier alpha value is -0.440. The van der Waals surface area contributed by atoms with E-state index in [1.54, 1.807) is 0 Å². The van der Waals surface area contributed by atoms with E-state index in [2.05, 4.69) is 0 Å². The van der Waals surface area contributed by atoms with Crippen molar-refractivity contribution in [3.8, 4) is 0 Å². The van der Waals surface area contributed by atoms with Crippen molar-refractivity contribution in [2.24, 2.45) is 0 Å². The zero-order valence-electron chi connectivity index (χ0n) is 12.2. The maximum Gasteiger partial charge on any atom is 0.184 e. The molecule has 1 aliphatic rings. The van der Waals surface area contributed by atoms with E-state index in [0.29, 0.717) is 0 Å². The van der Waals surface area contributed by atoms with Gasteiger partial charge in [0.05, 0.1) is 19.8 Å². The molecule has 0 radical (unpaired) electrons. The smallest absolute Gasteiger partial charge is 0.184 e. The summed E-state index contributed by atoms with van der Waals surface area (Å²) in [5.41, 5.74) is 0. The second kappa shape index (κ2) is 9.15. The Bertz CT molecular complexity index is 341. The largest absolute Gasteiger partial charge is 0.394 e. The molecule has 11 nitrogen and oxygen atoms in total. The van der Waals surface area contributed by atoms with Crippen LogP contribution in [0, 0.1) is 0 Å². The molecule has 9 N–H and O–H groups in total. The van der Waals surface area contributed by atoms with E-state index in [-0.39, 0.29) is 0 Å². The molecule has 1 rings (SSSR count). The third kappa shape index (κ3) is 5.01. The van der Waals surface area contributed by atoms with Gasteiger partial charge in [-0.3, -0.25) is 0 Å². The minimum atomic E-state index is -1.86. The first-order valence-electron chi connectivity index (χ1n) is 6.99. The number of hydrogen-bond acceptors (Lipinski definition) is 11. The number of hydrogen-bond donors (Lipinski definition) is 9. The van der Waals surface area contributed by atoms with Gasteiger partial charge in [-0.05, 0) is 0 Å². The van der Waals surface area contributed by atoms with Gasteiger partial charge >= 0.3 is 0 Å². The van der Waals surface area contributed by atoms with E-state index in [4.69, 9.17) is 19.7 Å². The van der Waals surface area contributed by atoms with Crippen LogP contribution in [0.3, 0.4) is 0 Å². The highest BCUT2D eigenvalue weighted by Crippen LogP contribution is 2.22. The van der Waals surface area contributed by atoms with Crippen LogP contribution in [-0.2, 0) is 9.47 Å². The van der Waals surface area contributed by atoms with E-state index in [1.807, 2.05) is 0 Å². The Morgan fingerprint density at radius 3 is 1.96 bits per heavy atom. The SMILES string of the molecule is OC[C@@H](O)[C@@H](O)[C@@H](O)[C@@H](O)CO[C@@H]1[C@H](O)[C@H](O)[C@H](O)O[C@H]1CO. The van der Waals surface area contributed by atoms with E-state index in [0.717, 1.165) is 0 Å². The average Bonchev–Trinajstić information content (AvgIpc) is 2.55. The molecule has 0 unspecified atom stereocenters. The maximum absolute atomic E-state index is 9.80. The highest BCUT2D eigenvalue weighted by Gasteiger charge is 2.45. The summed E-state index contributed by atoms with van der Waals surface area (Å²) in [4.78, 5) is 0. The van der Waals surface area contributed by atoms with Gasteiger partial charge in [0.15, 0.2) is 6.29 Å². The van der Waals surface area contributed by atoms with Crippen LogP contribution >= 0.6 is 0 Å². The van der Waals surface area contributed by atoms with Crippen LogP contribution in [0.4, 0.5) is 0 Å². The van der Waals surface area contributed by atoms with Crippen molar-refractivity contribution in [3.05, 3.63) is 0 Å². The van der Waals surface area contributed by atoms with E-state index < -0.39 is 74.9 Å². The minimum absolute atomic E-state index is 0.652. The second-order valence-electron chi connectivity index (χ2n) is 5.33. The van der Waals surface area contributed by atoms with Gasteiger partial charge < -0.3 is 55.4 Å². The van der Waals surface area contributed by atoms with Gasteiger partial charge in [0.1, 0.15) is 48.8 Å². The fourth-order valence-corrected chi connectivity index (χ4v) is 2.14. The summed E-state index contributed by atoms with van der Waals surface area (Å²) in [6.45, 7) is -2.14. The van der Waals surface area contributed by atoms with Crippen LogP contribution in [0.25, 0.3) is 0 Å². The highest BCUT2D eigenvalue weighted by molar-refractivity contribution is 4.90. The molecule has 0 saturated carbocycles. The lowest BCUT2D eigenvalue weighted by atomic mass is 9.98. The van der Waals surface area contributed by atoms with E-state index in [9.17, 15) is 35.7 Å². The summed E-state index contributed by atoms with van der Waals surface area (Å²) in [7, 11) is 0. The first kappa shape index (κ1) is 20.6. The van der Waals surface area contributed by atoms with Crippen molar-refractivity contribution in [2.45, 2.75) is 55.1 Å². The lowest BCUT2D eigenvalue weighted by Crippen LogP contribution is -2.60. The van der Waals surface area contributed by atoms with Crippen molar-refractivity contribution >= 4 is 0 Å². The lowest BCUT2D eigenvalue weighted by molar-refractivity contribution is -0.297. The third-order valence-corrected chi connectivity index (χ3v) is 3.62. The zero-order chi connectivity index (χ0) is 17.7. The van der Waals surface area contributed by atoms with Gasteiger partial charge in [0, 0.05) is 0 Å². The summed E-state index contributed by atoms with van der Waals surface area (Å²) in [5.74, 6) is 0. The predicted molar refractivity (Wildman–Crippen MR) is 70.8 cm³/mol. The van der Waals surface area contributed by atoms with Gasteiger partial charge in [0.25, 0.3) is 0 Å². The van der Waals surface area contributed by atoms with Crippen molar-refractivity contribution < 1.29 is 55.4 Å². The molecule has 0 amide bonds. The van der Waals surface area contributed by atoms with Crippen LogP contribution in [0.1, 0.15) is 0 Å². The Kier molecular flexibility index (Phi) is 8.20. The number of aliphatic hydroxyl groups is 9. The minimum Gasteiger partial charge on any atom is -0.394 e. The number of aliphatic hydroxyl groups excluding tert-OH is 9. The van der Waals surface area contributed by atoms with Gasteiger partial charge in [-0.15, -0.1) is 0 Å². The Balaban J connectivity index is 2.60. The van der Waals surface area contributed by atoms with Gasteiger partial charge in [0.2, 0.25) is 0 Å². The Labute approximate surface area is 131 Å². The van der Waals surface area contributed by atoms with Crippen LogP contribution in [0.5, 0.6) is 0 Å². The molecule has 9 atom stereocenters. The number of ether oxygens (including phenoxy) is 2. The molecule has 23 heavy (non-hydrogen) atoms. The van der Waals surface area contributed by atoms with Crippen molar-refractivity contribution in [1.29, 1.82) is 0 Å². The van der Waals surface area contributed by atoms with Crippen LogP contribution in [0.2, 0.25) is 0 Å². The molecule has 0 aromatic heterocycles. The van der Waals surface area contributed by atoms with Crippen LogP contribution in [0.15, 0.2) is 0 Å². The molecule has 0 spiro atoms. The Morgan fingerprint density at radius 1 is 0.870 bits per heavy atom. The predicted octanol–water partition coefficient (Wildman–Crippen LogP) is -5.76. The summed E-state index contributed by atoms with van der Waals surface area (Å²) in [5, 5.41) is 84.4. The molecule has 11 heteroatoms. The molecule has 0 bridgehead atoms. The first-order valence-corrected chi connectivity index (χ1v) is 6.99. The topological polar surface area (TPSA) is 201 Å². The van der Waals surface area contributed by atoms with Crippen molar-refractivity contribution in [1.82, 2.24) is 0 Å². The first-order chi connectivity index (χ1) is 10.7. The Morgan fingerprint density at radius 2 is 1.43 bits per heavy atom. The molecule has 0 aromatic carbocycles. The van der Waals surface area contributed by atoms with Crippen LogP contribution in [-0.4, -0.2) is 121 Å². The monoisotopic (exact) mass is 344 g/mol. The molecule has 0 aliphatic carbocycles. The fraction of sp³-hybridized carbons (Fsp3) is 1.00. The molecule has 1 fully saturated rings. The highest BCUT2D eigenvalue weighted by atomic mass is 16.7. The fourth-order valence-electron chi connectivity index (χ4n) is 2.14. The van der Waals surface area contributed by atoms with E-state index in [1.165, 1.54) is 0 Å². The summed E-state index contributed by atoms with van der Waals surface area (Å²) < 4.78 is 9.92. The quantitative estimate of drug-likeness (QED) is 0.203. The molecule has 1 heterocycles. The van der Waals surface area contributed by atoms with E-state index >= 15 is 0 Å². The molecular weight excluding hydrogens is 320 g/mol. The molecule has 0 aromatic rings. The summed E-state index contributed by atoms with van der Waals surface area (Å²) in [6.07, 6.45) is -14.7. The zero-order valence-corrected chi connectivity index (χ0v) is 12.2. The van der Waals surface area contributed by atoms with Gasteiger partial charge in [-0.2, -0.15) is 0 Å². The summed E-state index contributed by atoms with van der Waals surface area (Å²) >= 11 is 0. The van der Waals surface area contributed by atoms with Crippen molar-refractivity contribution in [3.63, 3.8) is 0 Å². The standard InChI is InChI=1S/C12H24O11/c13-1-4(15)7(17)8(18)5(16)3-22-11-6(2-14)23-12(21)10(20)9(11)19/h4-21H,1-3H2/t4-,5+,6+,7-,8+,9-,10+,11+,12-/m1/s1. The van der Waals surface area contributed by atoms with Gasteiger partial charge in [-0.25, -0.2) is 0 Å². The lowest BCUT2D eigenvalue weighted by Gasteiger charge is -2.40. The van der Waals surface area contributed by atoms with Gasteiger partial charge in [-0.1, -0.05) is 0 Å². The summed E-state index contributed by atoms with van der Waals surface area (Å²) in [6, 6.07) is 0. The van der Waals surface area contributed by atoms with Crippen LogP contribution < -0.4 is 0 Å². The van der Waals surface area contributed by atoms with Crippen molar-refractivity contribution in [2.75, 3.05) is 19.8 Å². The maximum atomic E-state index is 9.80.